The molecule has 0 spiro atoms. The molecule has 2 heterocycles. The number of alkyl halides is 3. The number of imidazole rings is 1. The van der Waals surface area contributed by atoms with Crippen LogP contribution >= 0.6 is 11.6 Å². The first kappa shape index (κ1) is 22.8. The van der Waals surface area contributed by atoms with Gasteiger partial charge < -0.3 is 9.72 Å². The number of sulfone groups is 1. The number of hydrogen-bond acceptors (Lipinski definition) is 4. The lowest BCUT2D eigenvalue weighted by atomic mass is 10.2. The second-order valence-corrected chi connectivity index (χ2v) is 9.44. The minimum absolute atomic E-state index is 0.125. The molecule has 0 fully saturated rings. The lowest BCUT2D eigenvalue weighted by molar-refractivity contribution is -0.137. The fraction of sp³-hybridized carbons (Fsp3) is 0.0909. The minimum atomic E-state index is -4.78. The van der Waals surface area contributed by atoms with Crippen molar-refractivity contribution in [1.29, 1.82) is 0 Å². The van der Waals surface area contributed by atoms with Crippen molar-refractivity contribution in [2.24, 2.45) is 0 Å². The van der Waals surface area contributed by atoms with Crippen molar-refractivity contribution >= 4 is 33.0 Å². The molecule has 0 saturated heterocycles. The molecule has 0 unspecified atom stereocenters. The molecule has 4 rings (SSSR count). The van der Waals surface area contributed by atoms with Crippen molar-refractivity contribution in [2.75, 3.05) is 0 Å². The summed E-state index contributed by atoms with van der Waals surface area (Å²) >= 11 is 5.57. The van der Waals surface area contributed by atoms with E-state index < -0.39 is 31.5 Å². The fourth-order valence-corrected chi connectivity index (χ4v) is 4.66. The molecule has 6 nitrogen and oxygen atoms in total. The van der Waals surface area contributed by atoms with Crippen LogP contribution in [0.25, 0.3) is 5.65 Å². The first-order chi connectivity index (χ1) is 15.6. The SMILES string of the molecule is O=C(NCc1ccc(S(=O)(=O)c2ccc(Cl)c(C(F)(F)F)c2)cc1)c1ccc2nccn2c1. The third-order valence-corrected chi connectivity index (χ3v) is 6.99. The molecule has 2 aromatic carbocycles. The highest BCUT2D eigenvalue weighted by Gasteiger charge is 2.34. The monoisotopic (exact) mass is 493 g/mol. The van der Waals surface area contributed by atoms with E-state index in [1.54, 1.807) is 35.1 Å². The van der Waals surface area contributed by atoms with Gasteiger partial charge in [-0.05, 0) is 48.0 Å². The maximum Gasteiger partial charge on any atom is 0.417 e. The number of aromatic nitrogens is 2. The zero-order valence-electron chi connectivity index (χ0n) is 16.7. The molecule has 0 saturated carbocycles. The molecule has 4 aromatic rings. The van der Waals surface area contributed by atoms with Crippen LogP contribution in [0.4, 0.5) is 13.2 Å². The summed E-state index contributed by atoms with van der Waals surface area (Å²) in [6.45, 7) is 0.125. The number of halogens is 4. The average Bonchev–Trinajstić information content (AvgIpc) is 3.25. The van der Waals surface area contributed by atoms with Crippen LogP contribution in [-0.4, -0.2) is 23.7 Å². The van der Waals surface area contributed by atoms with E-state index in [9.17, 15) is 26.4 Å². The van der Waals surface area contributed by atoms with Crippen LogP contribution in [0.5, 0.6) is 0 Å². The Morgan fingerprint density at radius 2 is 1.73 bits per heavy atom. The van der Waals surface area contributed by atoms with Gasteiger partial charge in [0.2, 0.25) is 9.84 Å². The van der Waals surface area contributed by atoms with Crippen LogP contribution < -0.4 is 5.32 Å². The third kappa shape index (κ3) is 4.71. The van der Waals surface area contributed by atoms with Gasteiger partial charge in [0.25, 0.3) is 5.91 Å². The maximum atomic E-state index is 13.1. The molecule has 11 heteroatoms. The molecule has 33 heavy (non-hydrogen) atoms. The fourth-order valence-electron chi connectivity index (χ4n) is 3.15. The van der Waals surface area contributed by atoms with Gasteiger partial charge in [0.1, 0.15) is 5.65 Å². The zero-order valence-corrected chi connectivity index (χ0v) is 18.2. The standard InChI is InChI=1S/C22H15ClF3N3O3S/c23-19-7-6-17(11-18(19)22(24,25)26)33(31,32)16-4-1-14(2-5-16)12-28-21(30)15-3-8-20-27-9-10-29(20)13-15/h1-11,13H,12H2,(H,28,30). The van der Waals surface area contributed by atoms with E-state index in [1.807, 2.05) is 0 Å². The summed E-state index contributed by atoms with van der Waals surface area (Å²) in [5.41, 5.74) is 0.505. The highest BCUT2D eigenvalue weighted by Crippen LogP contribution is 2.36. The highest BCUT2D eigenvalue weighted by atomic mass is 35.5. The number of nitrogens with zero attached hydrogens (tertiary/aromatic N) is 2. The number of amides is 1. The summed E-state index contributed by atoms with van der Waals surface area (Å²) < 4.78 is 66.5. The Bertz CT molecular complexity index is 1450. The largest absolute Gasteiger partial charge is 0.417 e. The van der Waals surface area contributed by atoms with Gasteiger partial charge in [-0.25, -0.2) is 13.4 Å². The van der Waals surface area contributed by atoms with E-state index >= 15 is 0 Å². The van der Waals surface area contributed by atoms with Crippen molar-refractivity contribution in [2.45, 2.75) is 22.5 Å². The third-order valence-electron chi connectivity index (χ3n) is 4.89. The van der Waals surface area contributed by atoms with Crippen LogP contribution in [0, 0.1) is 0 Å². The molecule has 1 amide bonds. The molecular formula is C22H15ClF3N3O3S. The van der Waals surface area contributed by atoms with Crippen LogP contribution in [0.3, 0.4) is 0 Å². The van der Waals surface area contributed by atoms with Gasteiger partial charge in [0.15, 0.2) is 0 Å². The van der Waals surface area contributed by atoms with Crippen molar-refractivity contribution in [3.8, 4) is 0 Å². The number of nitrogens with one attached hydrogen (secondary N) is 1. The van der Waals surface area contributed by atoms with E-state index in [1.165, 1.54) is 24.3 Å². The predicted octanol–water partition coefficient (Wildman–Crippen LogP) is 4.77. The smallest absolute Gasteiger partial charge is 0.348 e. The molecule has 0 aliphatic rings. The number of carbonyl (C=O) groups is 1. The molecule has 170 valence electrons. The van der Waals surface area contributed by atoms with Gasteiger partial charge >= 0.3 is 6.18 Å². The van der Waals surface area contributed by atoms with Crippen molar-refractivity contribution in [3.63, 3.8) is 0 Å². The Morgan fingerprint density at radius 3 is 2.42 bits per heavy atom. The second kappa shape index (κ2) is 8.53. The summed E-state index contributed by atoms with van der Waals surface area (Å²) in [5.74, 6) is -0.330. The highest BCUT2D eigenvalue weighted by molar-refractivity contribution is 7.91. The Labute approximate surface area is 191 Å². The Balaban J connectivity index is 1.49. The Hall–Kier alpha value is -3.37. The van der Waals surface area contributed by atoms with Crippen molar-refractivity contribution in [1.82, 2.24) is 14.7 Å². The predicted molar refractivity (Wildman–Crippen MR) is 115 cm³/mol. The summed E-state index contributed by atoms with van der Waals surface area (Å²) in [5, 5.41) is 2.15. The zero-order chi connectivity index (χ0) is 23.8. The summed E-state index contributed by atoms with van der Waals surface area (Å²) in [6, 6.07) is 11.3. The number of hydrogen-bond donors (Lipinski definition) is 1. The van der Waals surface area contributed by atoms with E-state index in [2.05, 4.69) is 10.3 Å². The van der Waals surface area contributed by atoms with E-state index in [-0.39, 0.29) is 17.3 Å². The lowest BCUT2D eigenvalue weighted by Gasteiger charge is -2.12. The number of pyridine rings is 1. The average molecular weight is 494 g/mol. The molecule has 0 aliphatic heterocycles. The molecule has 0 bridgehead atoms. The molecule has 0 aliphatic carbocycles. The quantitative estimate of drug-likeness (QED) is 0.434. The first-order valence-electron chi connectivity index (χ1n) is 9.47. The van der Waals surface area contributed by atoms with Crippen LogP contribution in [0.15, 0.2) is 83.0 Å². The van der Waals surface area contributed by atoms with Crippen molar-refractivity contribution < 1.29 is 26.4 Å². The molecular weight excluding hydrogens is 479 g/mol. The second-order valence-electron chi connectivity index (χ2n) is 7.08. The first-order valence-corrected chi connectivity index (χ1v) is 11.3. The number of rotatable bonds is 5. The van der Waals surface area contributed by atoms with Crippen LogP contribution in [0.2, 0.25) is 5.02 Å². The summed E-state index contributed by atoms with van der Waals surface area (Å²) in [7, 11) is -4.20. The molecule has 0 radical (unpaired) electrons. The van der Waals surface area contributed by atoms with Gasteiger partial charge in [0, 0.05) is 25.1 Å². The van der Waals surface area contributed by atoms with Crippen LogP contribution in [-0.2, 0) is 22.6 Å². The molecule has 1 N–H and O–H groups in total. The normalized spacial score (nSPS) is 12.1. The van der Waals surface area contributed by atoms with Gasteiger partial charge in [-0.1, -0.05) is 23.7 Å². The number of fused-ring (bicyclic) bond motifs is 1. The summed E-state index contributed by atoms with van der Waals surface area (Å²) in [4.78, 5) is 15.8. The number of benzene rings is 2. The molecule has 0 atom stereocenters. The van der Waals surface area contributed by atoms with Crippen molar-refractivity contribution in [3.05, 3.63) is 94.9 Å². The number of carbonyl (C=O) groups excluding carboxylic acids is 1. The minimum Gasteiger partial charge on any atom is -0.348 e. The maximum absolute atomic E-state index is 13.1. The topological polar surface area (TPSA) is 80.5 Å². The van der Waals surface area contributed by atoms with Gasteiger partial charge in [-0.3, -0.25) is 4.79 Å². The van der Waals surface area contributed by atoms with Gasteiger partial charge in [-0.2, -0.15) is 13.2 Å². The van der Waals surface area contributed by atoms with Crippen LogP contribution in [0.1, 0.15) is 21.5 Å². The van der Waals surface area contributed by atoms with E-state index in [0.29, 0.717) is 22.8 Å². The van der Waals surface area contributed by atoms with E-state index in [0.717, 1.165) is 12.1 Å². The van der Waals surface area contributed by atoms with Gasteiger partial charge in [-0.15, -0.1) is 0 Å². The Morgan fingerprint density at radius 1 is 1.03 bits per heavy atom. The van der Waals surface area contributed by atoms with E-state index in [4.69, 9.17) is 11.6 Å². The molecule has 2 aromatic heterocycles. The Kier molecular flexibility index (Phi) is 5.89. The lowest BCUT2D eigenvalue weighted by Crippen LogP contribution is -2.23. The van der Waals surface area contributed by atoms with Gasteiger partial charge in [0.05, 0.1) is 25.9 Å². The summed E-state index contributed by atoms with van der Waals surface area (Å²) in [6.07, 6.45) is 0.173.